The first-order chi connectivity index (χ1) is 10.2. The molecule has 0 bridgehead atoms. The minimum atomic E-state index is -0.0348. The van der Waals surface area contributed by atoms with Gasteiger partial charge in [-0.2, -0.15) is 0 Å². The molecule has 21 heavy (non-hydrogen) atoms. The summed E-state index contributed by atoms with van der Waals surface area (Å²) in [6.07, 6.45) is 3.40. The van der Waals surface area contributed by atoms with Crippen LogP contribution in [0.1, 0.15) is 35.2 Å². The lowest BCUT2D eigenvalue weighted by Crippen LogP contribution is -2.33. The van der Waals surface area contributed by atoms with Gasteiger partial charge < -0.3 is 15.4 Å². The Morgan fingerprint density at radius 1 is 1.43 bits per heavy atom. The summed E-state index contributed by atoms with van der Waals surface area (Å²) in [5.74, 6) is -0.0348. The van der Waals surface area contributed by atoms with E-state index < -0.39 is 0 Å². The number of benzene rings is 1. The van der Waals surface area contributed by atoms with Gasteiger partial charge in [-0.25, -0.2) is 0 Å². The zero-order chi connectivity index (χ0) is 15.1. The van der Waals surface area contributed by atoms with E-state index in [4.69, 9.17) is 4.74 Å². The lowest BCUT2D eigenvalue weighted by atomic mass is 10.1. The number of amides is 1. The number of rotatable bonds is 6. The predicted octanol–water partition coefficient (Wildman–Crippen LogP) is 2.65. The number of halogens is 1. The molecule has 0 atom stereocenters. The second-order valence-corrected chi connectivity index (χ2v) is 6.16. The SMILES string of the molecule is Cc1cccc(C(=O)NCCCOC2CCNCC2)c1Br. The summed E-state index contributed by atoms with van der Waals surface area (Å²) in [5.41, 5.74) is 1.76. The molecule has 1 heterocycles. The minimum Gasteiger partial charge on any atom is -0.378 e. The van der Waals surface area contributed by atoms with Crippen LogP contribution in [0, 0.1) is 6.92 Å². The van der Waals surface area contributed by atoms with E-state index >= 15 is 0 Å². The molecule has 1 aliphatic rings. The van der Waals surface area contributed by atoms with E-state index in [1.807, 2.05) is 25.1 Å². The summed E-state index contributed by atoms with van der Waals surface area (Å²) < 4.78 is 6.68. The van der Waals surface area contributed by atoms with Crippen LogP contribution in [-0.2, 0) is 4.74 Å². The number of hydrogen-bond donors (Lipinski definition) is 2. The first-order valence-electron chi connectivity index (χ1n) is 7.54. The van der Waals surface area contributed by atoms with Crippen LogP contribution in [0.15, 0.2) is 22.7 Å². The highest BCUT2D eigenvalue weighted by atomic mass is 79.9. The van der Waals surface area contributed by atoms with E-state index in [9.17, 15) is 4.79 Å². The van der Waals surface area contributed by atoms with Crippen molar-refractivity contribution >= 4 is 21.8 Å². The van der Waals surface area contributed by atoms with Gasteiger partial charge in [0.15, 0.2) is 0 Å². The maximum Gasteiger partial charge on any atom is 0.252 e. The van der Waals surface area contributed by atoms with Gasteiger partial charge in [0, 0.05) is 17.6 Å². The number of hydrogen-bond acceptors (Lipinski definition) is 3. The minimum absolute atomic E-state index is 0.0348. The van der Waals surface area contributed by atoms with Crippen LogP contribution in [0.2, 0.25) is 0 Å². The third-order valence-corrected chi connectivity index (χ3v) is 4.74. The maximum atomic E-state index is 12.1. The van der Waals surface area contributed by atoms with Gasteiger partial charge in [-0.15, -0.1) is 0 Å². The topological polar surface area (TPSA) is 50.4 Å². The Bertz CT molecular complexity index is 473. The molecule has 5 heteroatoms. The Morgan fingerprint density at radius 3 is 2.95 bits per heavy atom. The summed E-state index contributed by atoms with van der Waals surface area (Å²) in [5, 5.41) is 6.26. The van der Waals surface area contributed by atoms with Crippen molar-refractivity contribution < 1.29 is 9.53 Å². The van der Waals surface area contributed by atoms with Crippen molar-refractivity contribution in [1.82, 2.24) is 10.6 Å². The standard InChI is InChI=1S/C16H23BrN2O2/c1-12-4-2-5-14(15(12)17)16(20)19-8-3-11-21-13-6-9-18-10-7-13/h2,4-5,13,18H,3,6-11H2,1H3,(H,19,20). The van der Waals surface area contributed by atoms with Crippen LogP contribution >= 0.6 is 15.9 Å². The van der Waals surface area contributed by atoms with Gasteiger partial charge >= 0.3 is 0 Å². The van der Waals surface area contributed by atoms with Crippen LogP contribution in [0.4, 0.5) is 0 Å². The molecule has 0 aliphatic carbocycles. The molecular weight excluding hydrogens is 332 g/mol. The summed E-state index contributed by atoms with van der Waals surface area (Å²) >= 11 is 3.46. The van der Waals surface area contributed by atoms with E-state index in [0.29, 0.717) is 24.8 Å². The first-order valence-corrected chi connectivity index (χ1v) is 8.33. The van der Waals surface area contributed by atoms with E-state index in [1.165, 1.54) is 0 Å². The highest BCUT2D eigenvalue weighted by Crippen LogP contribution is 2.20. The maximum absolute atomic E-state index is 12.1. The van der Waals surface area contributed by atoms with Crippen LogP contribution in [0.3, 0.4) is 0 Å². The van der Waals surface area contributed by atoms with E-state index in [1.54, 1.807) is 0 Å². The highest BCUT2D eigenvalue weighted by Gasteiger charge is 2.13. The quantitative estimate of drug-likeness (QED) is 0.772. The lowest BCUT2D eigenvalue weighted by Gasteiger charge is -2.22. The molecule has 1 aromatic rings. The van der Waals surface area contributed by atoms with Crippen LogP contribution in [-0.4, -0.2) is 38.3 Å². The molecule has 1 aliphatic heterocycles. The number of piperidine rings is 1. The molecule has 2 N–H and O–H groups in total. The van der Waals surface area contributed by atoms with Crippen LogP contribution in [0.25, 0.3) is 0 Å². The summed E-state index contributed by atoms with van der Waals surface area (Å²) in [4.78, 5) is 12.1. The number of ether oxygens (including phenoxy) is 1. The van der Waals surface area contributed by atoms with Gasteiger partial charge in [0.1, 0.15) is 0 Å². The van der Waals surface area contributed by atoms with Crippen molar-refractivity contribution in [3.63, 3.8) is 0 Å². The number of carbonyl (C=O) groups excluding carboxylic acids is 1. The second-order valence-electron chi connectivity index (χ2n) is 5.37. The van der Waals surface area contributed by atoms with E-state index in [0.717, 1.165) is 42.4 Å². The Morgan fingerprint density at radius 2 is 2.19 bits per heavy atom. The van der Waals surface area contributed by atoms with Crippen LogP contribution < -0.4 is 10.6 Å². The largest absolute Gasteiger partial charge is 0.378 e. The van der Waals surface area contributed by atoms with E-state index in [2.05, 4.69) is 26.6 Å². The fourth-order valence-electron chi connectivity index (χ4n) is 2.40. The first kappa shape index (κ1) is 16.5. The van der Waals surface area contributed by atoms with Crippen molar-refractivity contribution in [2.75, 3.05) is 26.2 Å². The summed E-state index contributed by atoms with van der Waals surface area (Å²) in [6, 6.07) is 5.71. The van der Waals surface area contributed by atoms with Crippen molar-refractivity contribution in [2.45, 2.75) is 32.3 Å². The molecule has 1 aromatic carbocycles. The Balaban J connectivity index is 1.66. The molecule has 0 unspecified atom stereocenters. The third kappa shape index (κ3) is 5.09. The molecule has 4 nitrogen and oxygen atoms in total. The highest BCUT2D eigenvalue weighted by molar-refractivity contribution is 9.10. The molecular formula is C16H23BrN2O2. The molecule has 1 fully saturated rings. The number of nitrogens with one attached hydrogen (secondary N) is 2. The zero-order valence-corrected chi connectivity index (χ0v) is 14.0. The Labute approximate surface area is 134 Å². The fourth-order valence-corrected chi connectivity index (χ4v) is 2.85. The molecule has 0 radical (unpaired) electrons. The van der Waals surface area contributed by atoms with Crippen LogP contribution in [0.5, 0.6) is 0 Å². The van der Waals surface area contributed by atoms with Crippen molar-refractivity contribution in [3.8, 4) is 0 Å². The molecule has 116 valence electrons. The van der Waals surface area contributed by atoms with Gasteiger partial charge in [-0.3, -0.25) is 4.79 Å². The van der Waals surface area contributed by atoms with Crippen molar-refractivity contribution in [1.29, 1.82) is 0 Å². The normalized spacial score (nSPS) is 15.9. The van der Waals surface area contributed by atoms with E-state index in [-0.39, 0.29) is 5.91 Å². The van der Waals surface area contributed by atoms with Crippen molar-refractivity contribution in [3.05, 3.63) is 33.8 Å². The zero-order valence-electron chi connectivity index (χ0n) is 12.5. The van der Waals surface area contributed by atoms with Gasteiger partial charge in [0.2, 0.25) is 0 Å². The Kier molecular flexibility index (Phi) is 6.67. The van der Waals surface area contributed by atoms with Gasteiger partial charge in [0.25, 0.3) is 5.91 Å². The number of aryl methyl sites for hydroxylation is 1. The Hall–Kier alpha value is -0.910. The number of carbonyl (C=O) groups is 1. The predicted molar refractivity (Wildman–Crippen MR) is 87.7 cm³/mol. The molecule has 2 rings (SSSR count). The third-order valence-electron chi connectivity index (χ3n) is 3.68. The summed E-state index contributed by atoms with van der Waals surface area (Å²) in [7, 11) is 0. The van der Waals surface area contributed by atoms with Gasteiger partial charge in [-0.05, 0) is 66.8 Å². The molecule has 1 amide bonds. The molecule has 0 spiro atoms. The average molecular weight is 355 g/mol. The van der Waals surface area contributed by atoms with Gasteiger partial charge in [0.05, 0.1) is 11.7 Å². The smallest absolute Gasteiger partial charge is 0.252 e. The monoisotopic (exact) mass is 354 g/mol. The van der Waals surface area contributed by atoms with Gasteiger partial charge in [-0.1, -0.05) is 12.1 Å². The lowest BCUT2D eigenvalue weighted by molar-refractivity contribution is 0.0318. The fraction of sp³-hybridized carbons (Fsp3) is 0.562. The molecule has 0 saturated carbocycles. The molecule has 1 saturated heterocycles. The second kappa shape index (κ2) is 8.51. The average Bonchev–Trinajstić information content (AvgIpc) is 2.50. The molecule has 0 aromatic heterocycles. The summed E-state index contributed by atoms with van der Waals surface area (Å²) in [6.45, 7) is 5.42. The van der Waals surface area contributed by atoms with Crippen molar-refractivity contribution in [2.24, 2.45) is 0 Å².